The van der Waals surface area contributed by atoms with E-state index < -0.39 is 32.6 Å². The Morgan fingerprint density at radius 2 is 1.74 bits per heavy atom. The zero-order valence-corrected chi connectivity index (χ0v) is 11.7. The van der Waals surface area contributed by atoms with Gasteiger partial charge in [0, 0.05) is 18.7 Å². The lowest BCUT2D eigenvalue weighted by Gasteiger charge is -2.18. The molecular formula is C12H18F2N2O2S. The number of benzene rings is 1. The van der Waals surface area contributed by atoms with Crippen LogP contribution < -0.4 is 10.5 Å². The van der Waals surface area contributed by atoms with Crippen LogP contribution in [0.15, 0.2) is 23.1 Å². The van der Waals surface area contributed by atoms with Gasteiger partial charge in [-0.3, -0.25) is 0 Å². The number of halogens is 2. The summed E-state index contributed by atoms with van der Waals surface area (Å²) in [7, 11) is -3.97. The second kappa shape index (κ2) is 6.40. The highest BCUT2D eigenvalue weighted by Crippen LogP contribution is 2.15. The fourth-order valence-electron chi connectivity index (χ4n) is 1.73. The Hall–Kier alpha value is -1.05. The number of sulfonamides is 1. The van der Waals surface area contributed by atoms with Gasteiger partial charge in [0.25, 0.3) is 0 Å². The minimum absolute atomic E-state index is 0.120. The van der Waals surface area contributed by atoms with Crippen molar-refractivity contribution in [2.75, 3.05) is 6.54 Å². The van der Waals surface area contributed by atoms with E-state index in [0.29, 0.717) is 12.5 Å². The molecule has 1 atom stereocenters. The van der Waals surface area contributed by atoms with Crippen molar-refractivity contribution in [3.63, 3.8) is 0 Å². The monoisotopic (exact) mass is 292 g/mol. The summed E-state index contributed by atoms with van der Waals surface area (Å²) in [5.74, 6) is -1.62. The maximum Gasteiger partial charge on any atom is 0.241 e. The van der Waals surface area contributed by atoms with Gasteiger partial charge < -0.3 is 5.73 Å². The van der Waals surface area contributed by atoms with Crippen LogP contribution in [0.25, 0.3) is 0 Å². The highest BCUT2D eigenvalue weighted by molar-refractivity contribution is 7.89. The average Bonchev–Trinajstić information content (AvgIpc) is 2.25. The van der Waals surface area contributed by atoms with Crippen LogP contribution in [-0.4, -0.2) is 21.0 Å². The molecule has 0 saturated heterocycles. The molecule has 0 bridgehead atoms. The van der Waals surface area contributed by atoms with Gasteiger partial charge in [-0.15, -0.1) is 0 Å². The molecule has 4 nitrogen and oxygen atoms in total. The summed E-state index contributed by atoms with van der Waals surface area (Å²) >= 11 is 0. The summed E-state index contributed by atoms with van der Waals surface area (Å²) in [6.45, 7) is 3.98. The molecule has 1 aromatic rings. The maximum absolute atomic E-state index is 13.0. The van der Waals surface area contributed by atoms with Crippen molar-refractivity contribution in [2.45, 2.75) is 31.2 Å². The van der Waals surface area contributed by atoms with Crippen LogP contribution in [0.2, 0.25) is 0 Å². The lowest BCUT2D eigenvalue weighted by molar-refractivity contribution is 0.464. The average molecular weight is 292 g/mol. The first-order valence-electron chi connectivity index (χ1n) is 5.93. The lowest BCUT2D eigenvalue weighted by atomic mass is 10.1. The van der Waals surface area contributed by atoms with E-state index in [2.05, 4.69) is 4.72 Å². The number of nitrogens with two attached hydrogens (primary N) is 1. The number of rotatable bonds is 6. The molecular weight excluding hydrogens is 274 g/mol. The van der Waals surface area contributed by atoms with Gasteiger partial charge in [0.1, 0.15) is 11.6 Å². The van der Waals surface area contributed by atoms with Crippen molar-refractivity contribution in [1.82, 2.24) is 4.72 Å². The molecule has 0 aliphatic carbocycles. The van der Waals surface area contributed by atoms with E-state index in [1.165, 1.54) is 0 Å². The molecule has 19 heavy (non-hydrogen) atoms. The van der Waals surface area contributed by atoms with Crippen LogP contribution in [0.3, 0.4) is 0 Å². The second-order valence-electron chi connectivity index (χ2n) is 4.79. The third-order valence-electron chi connectivity index (χ3n) is 2.51. The van der Waals surface area contributed by atoms with E-state index in [9.17, 15) is 17.2 Å². The van der Waals surface area contributed by atoms with Gasteiger partial charge in [0.2, 0.25) is 10.0 Å². The van der Waals surface area contributed by atoms with Crippen LogP contribution in [0.1, 0.15) is 20.3 Å². The molecule has 1 unspecified atom stereocenters. The Bertz CT molecular complexity index is 512. The molecule has 0 amide bonds. The predicted molar refractivity (Wildman–Crippen MR) is 69.0 cm³/mol. The number of hydrogen-bond donors (Lipinski definition) is 2. The summed E-state index contributed by atoms with van der Waals surface area (Å²) in [6, 6.07) is 1.70. The minimum Gasteiger partial charge on any atom is -0.329 e. The van der Waals surface area contributed by atoms with Crippen molar-refractivity contribution in [3.05, 3.63) is 29.8 Å². The van der Waals surface area contributed by atoms with Gasteiger partial charge in [-0.05, 0) is 24.5 Å². The Balaban J connectivity index is 2.96. The third kappa shape index (κ3) is 4.85. The molecule has 0 aliphatic rings. The standard InChI is InChI=1S/C12H18F2N2O2S/c1-8(2)3-11(7-15)16-19(17,18)12-5-9(13)4-10(14)6-12/h4-6,8,11,16H,3,7,15H2,1-2H3. The van der Waals surface area contributed by atoms with E-state index >= 15 is 0 Å². The Morgan fingerprint density at radius 3 is 2.16 bits per heavy atom. The van der Waals surface area contributed by atoms with Gasteiger partial charge in [0.15, 0.2) is 0 Å². The molecule has 7 heteroatoms. The summed E-state index contributed by atoms with van der Waals surface area (Å²) in [5.41, 5.74) is 5.49. The van der Waals surface area contributed by atoms with E-state index in [4.69, 9.17) is 5.73 Å². The summed E-state index contributed by atoms with van der Waals surface area (Å²) in [5, 5.41) is 0. The zero-order valence-electron chi connectivity index (χ0n) is 10.9. The molecule has 0 radical (unpaired) electrons. The smallest absolute Gasteiger partial charge is 0.241 e. The molecule has 1 rings (SSSR count). The topological polar surface area (TPSA) is 72.2 Å². The first-order chi connectivity index (χ1) is 8.74. The van der Waals surface area contributed by atoms with Crippen LogP contribution in [0, 0.1) is 17.6 Å². The summed E-state index contributed by atoms with van der Waals surface area (Å²) in [6.07, 6.45) is 0.549. The Labute approximate surface area is 112 Å². The Kier molecular flexibility index (Phi) is 5.39. The van der Waals surface area contributed by atoms with Crippen molar-refractivity contribution >= 4 is 10.0 Å². The quantitative estimate of drug-likeness (QED) is 0.837. The Morgan fingerprint density at radius 1 is 1.21 bits per heavy atom. The molecule has 0 fully saturated rings. The molecule has 0 aromatic heterocycles. The molecule has 0 saturated carbocycles. The molecule has 0 spiro atoms. The summed E-state index contributed by atoms with van der Waals surface area (Å²) in [4.78, 5) is -0.438. The van der Waals surface area contributed by atoms with Gasteiger partial charge >= 0.3 is 0 Å². The number of nitrogens with one attached hydrogen (secondary N) is 1. The largest absolute Gasteiger partial charge is 0.329 e. The first kappa shape index (κ1) is 16.0. The second-order valence-corrected chi connectivity index (χ2v) is 6.50. The number of hydrogen-bond acceptors (Lipinski definition) is 3. The van der Waals surface area contributed by atoms with Crippen molar-refractivity contribution in [3.8, 4) is 0 Å². The fourth-order valence-corrected chi connectivity index (χ4v) is 3.04. The zero-order chi connectivity index (χ0) is 14.6. The van der Waals surface area contributed by atoms with Crippen LogP contribution in [0.4, 0.5) is 8.78 Å². The van der Waals surface area contributed by atoms with E-state index in [1.54, 1.807) is 0 Å². The third-order valence-corrected chi connectivity index (χ3v) is 4.01. The van der Waals surface area contributed by atoms with E-state index in [0.717, 1.165) is 12.1 Å². The molecule has 0 aliphatic heterocycles. The van der Waals surface area contributed by atoms with E-state index in [-0.39, 0.29) is 12.5 Å². The van der Waals surface area contributed by atoms with Crippen molar-refractivity contribution in [1.29, 1.82) is 0 Å². The van der Waals surface area contributed by atoms with Gasteiger partial charge in [-0.2, -0.15) is 0 Å². The SMILES string of the molecule is CC(C)CC(CN)NS(=O)(=O)c1cc(F)cc(F)c1. The van der Waals surface area contributed by atoms with Crippen LogP contribution in [-0.2, 0) is 10.0 Å². The van der Waals surface area contributed by atoms with Gasteiger partial charge in [-0.25, -0.2) is 21.9 Å². The van der Waals surface area contributed by atoms with Crippen LogP contribution in [0.5, 0.6) is 0 Å². The summed E-state index contributed by atoms with van der Waals surface area (Å²) < 4.78 is 52.4. The molecule has 3 N–H and O–H groups in total. The first-order valence-corrected chi connectivity index (χ1v) is 7.41. The maximum atomic E-state index is 13.0. The highest BCUT2D eigenvalue weighted by atomic mass is 32.2. The van der Waals surface area contributed by atoms with E-state index in [1.807, 2.05) is 13.8 Å². The molecule has 0 heterocycles. The fraction of sp³-hybridized carbons (Fsp3) is 0.500. The van der Waals surface area contributed by atoms with Gasteiger partial charge in [0.05, 0.1) is 4.90 Å². The molecule has 1 aromatic carbocycles. The minimum atomic E-state index is -3.97. The van der Waals surface area contributed by atoms with Crippen molar-refractivity contribution < 1.29 is 17.2 Å². The predicted octanol–water partition coefficient (Wildman–Crippen LogP) is 1.62. The normalized spacial score (nSPS) is 13.8. The highest BCUT2D eigenvalue weighted by Gasteiger charge is 2.21. The lowest BCUT2D eigenvalue weighted by Crippen LogP contribution is -2.41. The van der Waals surface area contributed by atoms with Gasteiger partial charge in [-0.1, -0.05) is 13.8 Å². The van der Waals surface area contributed by atoms with Crippen molar-refractivity contribution in [2.24, 2.45) is 11.7 Å². The van der Waals surface area contributed by atoms with Crippen LogP contribution >= 0.6 is 0 Å². The molecule has 108 valence electrons.